The Morgan fingerprint density at radius 1 is 0.939 bits per heavy atom. The zero-order valence-corrected chi connectivity index (χ0v) is 20.8. The summed E-state index contributed by atoms with van der Waals surface area (Å²) in [4.78, 5) is 8.59. The summed E-state index contributed by atoms with van der Waals surface area (Å²) < 4.78 is 20.8. The van der Waals surface area contributed by atoms with Crippen molar-refractivity contribution >= 4 is 0 Å². The van der Waals surface area contributed by atoms with Crippen LogP contribution in [0.4, 0.5) is 0 Å². The molecule has 0 fully saturated rings. The Morgan fingerprint density at radius 3 is 2.27 bits per heavy atom. The number of aryl methyl sites for hydroxylation is 1. The number of hydrogen-bond acceptors (Lipinski definition) is 7. The second kappa shape index (κ2) is 14.2. The standard InChI is InChI=1S/C20H14N4O2.C4H10O2.Pt/c1-14-12-18(24-23-14)17-8-5-10-20(22-17)26-16-7-4-6-15(13-16)25-19-9-2-3-11-21-19;1-3-6-4-5-2;/h2-12H,1H3;3-4H2,1-2H3;/q-2;;+2. The molecule has 4 rings (SSSR count). The van der Waals surface area contributed by atoms with E-state index < -0.39 is 0 Å². The molecule has 0 aliphatic rings. The van der Waals surface area contributed by atoms with E-state index in [0.29, 0.717) is 41.4 Å². The third-order valence-corrected chi connectivity index (χ3v) is 3.86. The largest absolute Gasteiger partial charge is 2.00 e. The molecule has 0 saturated carbocycles. The van der Waals surface area contributed by atoms with E-state index in [1.165, 1.54) is 0 Å². The number of ether oxygens (including phenoxy) is 4. The van der Waals surface area contributed by atoms with E-state index in [1.807, 2.05) is 50.2 Å². The number of methoxy groups -OCH3 is 1. The first kappa shape index (κ1) is 26.2. The minimum Gasteiger partial charge on any atom is -0.574 e. The van der Waals surface area contributed by atoms with Crippen LogP contribution in [-0.2, 0) is 30.5 Å². The summed E-state index contributed by atoms with van der Waals surface area (Å²) in [6.07, 6.45) is 1.67. The van der Waals surface area contributed by atoms with Gasteiger partial charge in [0, 0.05) is 49.2 Å². The van der Waals surface area contributed by atoms with Crippen LogP contribution in [0.5, 0.6) is 23.3 Å². The SMILES string of the molecule is CCOCOC.Cc1cc(-c2cccc(Oc3[c-]c(Oc4ccccn4)ccc3)n2)[n-]n1.[Pt+2]. The van der Waals surface area contributed by atoms with E-state index in [1.54, 1.807) is 37.6 Å². The molecule has 0 atom stereocenters. The van der Waals surface area contributed by atoms with Gasteiger partial charge in [-0.05, 0) is 26.0 Å². The summed E-state index contributed by atoms with van der Waals surface area (Å²) in [6.45, 7) is 4.96. The van der Waals surface area contributed by atoms with Gasteiger partial charge in [0.2, 0.25) is 11.8 Å². The zero-order chi connectivity index (χ0) is 22.6. The van der Waals surface area contributed by atoms with Crippen molar-refractivity contribution in [2.45, 2.75) is 13.8 Å². The molecule has 0 saturated heterocycles. The first-order valence-corrected chi connectivity index (χ1v) is 9.98. The molecule has 33 heavy (non-hydrogen) atoms. The Hall–Kier alpha value is -3.06. The molecule has 0 radical (unpaired) electrons. The van der Waals surface area contributed by atoms with Crippen molar-refractivity contribution in [2.24, 2.45) is 0 Å². The minimum atomic E-state index is 0. The van der Waals surface area contributed by atoms with Crippen LogP contribution in [0.25, 0.3) is 11.4 Å². The summed E-state index contributed by atoms with van der Waals surface area (Å²) in [7, 11) is 1.61. The Labute approximate surface area is 207 Å². The average molecular weight is 628 g/mol. The molecule has 0 bridgehead atoms. The fourth-order valence-electron chi connectivity index (χ4n) is 2.47. The number of rotatable bonds is 8. The van der Waals surface area contributed by atoms with Crippen molar-refractivity contribution in [3.8, 4) is 34.6 Å². The summed E-state index contributed by atoms with van der Waals surface area (Å²) in [6, 6.07) is 21.3. The predicted molar refractivity (Wildman–Crippen MR) is 119 cm³/mol. The van der Waals surface area contributed by atoms with Crippen LogP contribution in [0.3, 0.4) is 0 Å². The van der Waals surface area contributed by atoms with E-state index in [2.05, 4.69) is 31.0 Å². The van der Waals surface area contributed by atoms with Crippen molar-refractivity contribution in [1.82, 2.24) is 20.2 Å². The van der Waals surface area contributed by atoms with Crippen LogP contribution in [-0.4, -0.2) is 35.6 Å². The molecule has 0 amide bonds. The Bertz CT molecular complexity index is 1090. The maximum atomic E-state index is 5.81. The van der Waals surface area contributed by atoms with Gasteiger partial charge in [0.05, 0.1) is 5.69 Å². The van der Waals surface area contributed by atoms with Gasteiger partial charge < -0.3 is 29.1 Å². The van der Waals surface area contributed by atoms with Crippen molar-refractivity contribution in [2.75, 3.05) is 20.5 Å². The zero-order valence-electron chi connectivity index (χ0n) is 18.5. The van der Waals surface area contributed by atoms with Crippen molar-refractivity contribution in [1.29, 1.82) is 0 Å². The molecular weight excluding hydrogens is 603 g/mol. The van der Waals surface area contributed by atoms with Crippen LogP contribution in [0.1, 0.15) is 12.6 Å². The fourth-order valence-corrected chi connectivity index (χ4v) is 2.47. The second-order valence-electron chi connectivity index (χ2n) is 6.38. The normalized spacial score (nSPS) is 9.91. The van der Waals surface area contributed by atoms with E-state index in [-0.39, 0.29) is 21.1 Å². The van der Waals surface area contributed by atoms with Gasteiger partial charge >= 0.3 is 21.1 Å². The van der Waals surface area contributed by atoms with Gasteiger partial charge in [0.1, 0.15) is 6.79 Å². The second-order valence-corrected chi connectivity index (χ2v) is 6.38. The summed E-state index contributed by atoms with van der Waals surface area (Å²) >= 11 is 0. The number of pyridine rings is 2. The molecule has 3 aromatic heterocycles. The average Bonchev–Trinajstić information content (AvgIpc) is 3.26. The maximum Gasteiger partial charge on any atom is 2.00 e. The molecule has 0 aliphatic heterocycles. The third-order valence-electron chi connectivity index (χ3n) is 3.86. The third kappa shape index (κ3) is 8.77. The van der Waals surface area contributed by atoms with Crippen molar-refractivity contribution in [3.05, 3.63) is 78.6 Å². The molecule has 9 heteroatoms. The molecule has 0 N–H and O–H groups in total. The topological polar surface area (TPSA) is 89.7 Å². The van der Waals surface area contributed by atoms with Gasteiger partial charge in [0.25, 0.3) is 0 Å². The minimum absolute atomic E-state index is 0. The molecule has 1 aromatic carbocycles. The molecule has 8 nitrogen and oxygen atoms in total. The number of benzene rings is 1. The Kier molecular flexibility index (Phi) is 11.2. The van der Waals surface area contributed by atoms with Gasteiger partial charge in [-0.15, -0.1) is 12.1 Å². The molecule has 0 spiro atoms. The maximum absolute atomic E-state index is 5.81. The van der Waals surface area contributed by atoms with Crippen LogP contribution in [0, 0.1) is 13.0 Å². The molecular formula is C24H24N4O4Pt. The van der Waals surface area contributed by atoms with Gasteiger partial charge in [-0.2, -0.15) is 6.07 Å². The van der Waals surface area contributed by atoms with E-state index >= 15 is 0 Å². The van der Waals surface area contributed by atoms with E-state index in [4.69, 9.17) is 14.2 Å². The summed E-state index contributed by atoms with van der Waals surface area (Å²) in [5.41, 5.74) is 2.26. The van der Waals surface area contributed by atoms with Crippen LogP contribution >= 0.6 is 0 Å². The van der Waals surface area contributed by atoms with Crippen molar-refractivity contribution in [3.63, 3.8) is 0 Å². The monoisotopic (exact) mass is 627 g/mol. The quantitative estimate of drug-likeness (QED) is 0.156. The molecule has 4 aromatic rings. The first-order chi connectivity index (χ1) is 15.7. The van der Waals surface area contributed by atoms with Gasteiger partial charge in [-0.1, -0.05) is 30.0 Å². The van der Waals surface area contributed by atoms with Crippen LogP contribution < -0.4 is 14.6 Å². The Balaban J connectivity index is 0.000000491. The summed E-state index contributed by atoms with van der Waals surface area (Å²) in [5.74, 6) is 1.93. The van der Waals surface area contributed by atoms with Gasteiger partial charge in [-0.25, -0.2) is 9.97 Å². The Morgan fingerprint density at radius 2 is 1.67 bits per heavy atom. The number of nitrogens with zero attached hydrogens (tertiary/aromatic N) is 4. The smallest absolute Gasteiger partial charge is 0.574 e. The molecule has 0 unspecified atom stereocenters. The first-order valence-electron chi connectivity index (χ1n) is 9.98. The van der Waals surface area contributed by atoms with Gasteiger partial charge in [-0.3, -0.25) is 0 Å². The van der Waals surface area contributed by atoms with Crippen LogP contribution in [0.15, 0.2) is 66.9 Å². The van der Waals surface area contributed by atoms with Crippen LogP contribution in [0.2, 0.25) is 0 Å². The number of hydrogen-bond donors (Lipinski definition) is 0. The number of aromatic nitrogens is 4. The molecule has 174 valence electrons. The predicted octanol–water partition coefficient (Wildman–Crippen LogP) is 4.81. The van der Waals surface area contributed by atoms with Gasteiger partial charge in [0.15, 0.2) is 0 Å². The molecule has 0 aliphatic carbocycles. The van der Waals surface area contributed by atoms with E-state index in [9.17, 15) is 0 Å². The fraction of sp³-hybridized carbons (Fsp3) is 0.208. The summed E-state index contributed by atoms with van der Waals surface area (Å²) in [5, 5.41) is 8.09. The van der Waals surface area contributed by atoms with Crippen molar-refractivity contribution < 1.29 is 40.0 Å². The molecule has 3 heterocycles. The van der Waals surface area contributed by atoms with E-state index in [0.717, 1.165) is 12.3 Å².